The number of phenolic OH excluding ortho intramolecular Hbond substituents is 1. The van der Waals surface area contributed by atoms with Gasteiger partial charge in [0.25, 0.3) is 0 Å². The van der Waals surface area contributed by atoms with E-state index in [2.05, 4.69) is 5.10 Å². The van der Waals surface area contributed by atoms with Gasteiger partial charge in [-0.2, -0.15) is 0 Å². The van der Waals surface area contributed by atoms with E-state index in [0.29, 0.717) is 5.69 Å². The highest BCUT2D eigenvalue weighted by Crippen LogP contribution is 2.26. The second kappa shape index (κ2) is 3.34. The molecule has 0 aliphatic heterocycles. The van der Waals surface area contributed by atoms with E-state index in [1.54, 1.807) is 18.3 Å². The van der Waals surface area contributed by atoms with Gasteiger partial charge in [0.2, 0.25) is 0 Å². The van der Waals surface area contributed by atoms with Crippen LogP contribution in [0.1, 0.15) is 13.8 Å². The summed E-state index contributed by atoms with van der Waals surface area (Å²) in [6, 6.07) is 3.21. The van der Waals surface area contributed by atoms with Gasteiger partial charge >= 0.3 is 0 Å². The highest BCUT2D eigenvalue weighted by molar-refractivity contribution is 5.84. The summed E-state index contributed by atoms with van der Waals surface area (Å²) >= 11 is 0. The summed E-state index contributed by atoms with van der Waals surface area (Å²) in [7, 11) is 0. The van der Waals surface area contributed by atoms with Crippen LogP contribution in [0, 0.1) is 0 Å². The molecule has 0 saturated heterocycles. The maximum atomic E-state index is 9.41. The Bertz CT molecular complexity index is 491. The number of rotatable bonds is 2. The Morgan fingerprint density at radius 3 is 2.87 bits per heavy atom. The molecule has 0 atom stereocenters. The molecule has 1 heterocycles. The van der Waals surface area contributed by atoms with Crippen LogP contribution in [0.15, 0.2) is 18.3 Å². The number of benzene rings is 1. The van der Waals surface area contributed by atoms with Gasteiger partial charge in [0.15, 0.2) is 0 Å². The minimum Gasteiger partial charge on any atom is -0.506 e. The van der Waals surface area contributed by atoms with Crippen LogP contribution < -0.4 is 10.6 Å². The average molecular weight is 207 g/mol. The van der Waals surface area contributed by atoms with Crippen molar-refractivity contribution in [3.05, 3.63) is 18.3 Å². The first-order valence-electron chi connectivity index (χ1n) is 4.71. The summed E-state index contributed by atoms with van der Waals surface area (Å²) in [5.74, 6) is 0.0617. The molecule has 0 fully saturated rings. The van der Waals surface area contributed by atoms with Crippen LogP contribution in [0.2, 0.25) is 0 Å². The molecule has 80 valence electrons. The summed E-state index contributed by atoms with van der Waals surface area (Å²) in [5.41, 5.74) is 6.66. The van der Waals surface area contributed by atoms with E-state index in [1.807, 2.05) is 13.8 Å². The van der Waals surface area contributed by atoms with Crippen LogP contribution in [0.5, 0.6) is 5.75 Å². The van der Waals surface area contributed by atoms with Crippen LogP contribution in [0.3, 0.4) is 0 Å². The zero-order valence-corrected chi connectivity index (χ0v) is 8.64. The van der Waals surface area contributed by atoms with Crippen LogP contribution >= 0.6 is 0 Å². The molecular weight excluding hydrogens is 194 g/mol. The number of aromatic hydroxyl groups is 1. The molecule has 5 nitrogen and oxygen atoms in total. The first kappa shape index (κ1) is 9.64. The van der Waals surface area contributed by atoms with Gasteiger partial charge in [-0.25, -0.2) is 0 Å². The van der Waals surface area contributed by atoms with Gasteiger partial charge in [0.05, 0.1) is 11.9 Å². The Morgan fingerprint density at radius 1 is 1.47 bits per heavy atom. The molecule has 0 aliphatic carbocycles. The topological polar surface area (TPSA) is 73.3 Å². The second-order valence-corrected chi connectivity index (χ2v) is 3.64. The Labute approximate surface area is 87.0 Å². The number of nitrogens with two attached hydrogens (primary N) is 1. The fraction of sp³-hybridized carbons (Fsp3) is 0.300. The zero-order valence-electron chi connectivity index (χ0n) is 8.64. The van der Waals surface area contributed by atoms with E-state index >= 15 is 0 Å². The quantitative estimate of drug-likeness (QED) is 0.572. The predicted molar refractivity (Wildman–Crippen MR) is 57.5 cm³/mol. The minimum absolute atomic E-state index is 0.0307. The lowest BCUT2D eigenvalue weighted by Gasteiger charge is -2.09. The second-order valence-electron chi connectivity index (χ2n) is 3.64. The van der Waals surface area contributed by atoms with Crippen molar-refractivity contribution in [2.75, 3.05) is 5.73 Å². The maximum absolute atomic E-state index is 9.41. The molecule has 15 heavy (non-hydrogen) atoms. The highest BCUT2D eigenvalue weighted by Gasteiger charge is 2.08. The molecule has 1 aromatic heterocycles. The molecular formula is C10H13N3O2. The van der Waals surface area contributed by atoms with Gasteiger partial charge in [0, 0.05) is 5.39 Å². The number of phenols is 1. The van der Waals surface area contributed by atoms with Gasteiger partial charge in [-0.3, -0.25) is 0 Å². The van der Waals surface area contributed by atoms with Crippen molar-refractivity contribution >= 4 is 16.6 Å². The van der Waals surface area contributed by atoms with Gasteiger partial charge in [-0.15, -0.1) is 5.10 Å². The molecule has 1 aromatic carbocycles. The molecule has 0 radical (unpaired) electrons. The van der Waals surface area contributed by atoms with Crippen LogP contribution in [-0.2, 0) is 0 Å². The lowest BCUT2D eigenvalue weighted by molar-refractivity contribution is 0.0445. The predicted octanol–water partition coefficient (Wildman–Crippen LogP) is 1.16. The van der Waals surface area contributed by atoms with E-state index in [-0.39, 0.29) is 11.9 Å². The van der Waals surface area contributed by atoms with Gasteiger partial charge in [-0.1, -0.05) is 4.85 Å². The van der Waals surface area contributed by atoms with Crippen molar-refractivity contribution in [3.63, 3.8) is 0 Å². The summed E-state index contributed by atoms with van der Waals surface area (Å²) in [6.07, 6.45) is 1.65. The van der Waals surface area contributed by atoms with Crippen LogP contribution in [0.4, 0.5) is 5.69 Å². The first-order chi connectivity index (χ1) is 7.08. The Morgan fingerprint density at radius 2 is 2.20 bits per heavy atom. The molecule has 0 aliphatic rings. The minimum atomic E-state index is 0.0307. The third-order valence-electron chi connectivity index (χ3n) is 1.99. The molecule has 0 bridgehead atoms. The van der Waals surface area contributed by atoms with Gasteiger partial charge in [0.1, 0.15) is 17.4 Å². The normalized spacial score (nSPS) is 11.1. The number of aromatic nitrogens is 2. The third kappa shape index (κ3) is 1.68. The Hall–Kier alpha value is -1.91. The van der Waals surface area contributed by atoms with E-state index in [1.165, 1.54) is 4.85 Å². The Kier molecular flexibility index (Phi) is 2.15. The Balaban J connectivity index is 2.54. The fourth-order valence-electron chi connectivity index (χ4n) is 1.34. The number of fused-ring (bicyclic) bond motifs is 1. The highest BCUT2D eigenvalue weighted by atomic mass is 16.7. The lowest BCUT2D eigenvalue weighted by Crippen LogP contribution is -2.19. The largest absolute Gasteiger partial charge is 0.506 e. The van der Waals surface area contributed by atoms with Crippen molar-refractivity contribution < 1.29 is 9.94 Å². The zero-order chi connectivity index (χ0) is 11.0. The summed E-state index contributed by atoms with van der Waals surface area (Å²) < 4.78 is 0. The van der Waals surface area contributed by atoms with Crippen LogP contribution in [-0.4, -0.2) is 21.2 Å². The van der Waals surface area contributed by atoms with E-state index < -0.39 is 0 Å². The van der Waals surface area contributed by atoms with Gasteiger partial charge < -0.3 is 15.7 Å². The van der Waals surface area contributed by atoms with Crippen molar-refractivity contribution in [2.45, 2.75) is 20.0 Å². The molecule has 0 spiro atoms. The number of anilines is 1. The molecule has 5 heteroatoms. The first-order valence-corrected chi connectivity index (χ1v) is 4.71. The molecule has 0 saturated carbocycles. The number of hydrogen-bond acceptors (Lipinski definition) is 4. The summed E-state index contributed by atoms with van der Waals surface area (Å²) in [4.78, 5) is 6.84. The van der Waals surface area contributed by atoms with Crippen molar-refractivity contribution in [3.8, 4) is 5.75 Å². The third-order valence-corrected chi connectivity index (χ3v) is 1.99. The maximum Gasteiger partial charge on any atom is 0.139 e. The lowest BCUT2D eigenvalue weighted by atomic mass is 10.2. The van der Waals surface area contributed by atoms with E-state index in [9.17, 15) is 5.11 Å². The molecule has 2 aromatic rings. The van der Waals surface area contributed by atoms with Crippen LogP contribution in [0.25, 0.3) is 10.9 Å². The number of nitrogen functional groups attached to an aromatic ring is 1. The van der Waals surface area contributed by atoms with Crippen molar-refractivity contribution in [1.29, 1.82) is 0 Å². The molecule has 2 rings (SSSR count). The summed E-state index contributed by atoms with van der Waals surface area (Å²) in [6.45, 7) is 3.83. The van der Waals surface area contributed by atoms with E-state index in [0.717, 1.165) is 10.9 Å². The average Bonchev–Trinajstić information content (AvgIpc) is 2.49. The molecule has 0 amide bonds. The van der Waals surface area contributed by atoms with Crippen molar-refractivity contribution in [2.24, 2.45) is 0 Å². The summed E-state index contributed by atoms with van der Waals surface area (Å²) in [5, 5.41) is 14.2. The SMILES string of the molecule is CC(C)On1ncc2cc(O)c(N)cc21. The number of nitrogens with zero attached hydrogens (tertiary/aromatic N) is 2. The number of hydrogen-bond donors (Lipinski definition) is 2. The van der Waals surface area contributed by atoms with Crippen molar-refractivity contribution in [1.82, 2.24) is 9.94 Å². The van der Waals surface area contributed by atoms with Gasteiger partial charge in [-0.05, 0) is 26.0 Å². The molecule has 3 N–H and O–H groups in total. The standard InChI is InChI=1S/C10H13N3O2/c1-6(2)15-13-9-4-8(11)10(14)3-7(9)5-12-13/h3-6,14H,11H2,1-2H3. The monoisotopic (exact) mass is 207 g/mol. The molecule has 0 unspecified atom stereocenters. The fourth-order valence-corrected chi connectivity index (χ4v) is 1.34. The van der Waals surface area contributed by atoms with E-state index in [4.69, 9.17) is 10.6 Å². The smallest absolute Gasteiger partial charge is 0.139 e.